The molecule has 0 spiro atoms. The number of carbonyl (C=O) groups is 2. The Hall–Kier alpha value is -2.22. The number of amides is 2. The van der Waals surface area contributed by atoms with Crippen molar-refractivity contribution in [3.63, 3.8) is 0 Å². The van der Waals surface area contributed by atoms with E-state index in [2.05, 4.69) is 17.2 Å². The Balaban J connectivity index is 1.42. The predicted molar refractivity (Wildman–Crippen MR) is 106 cm³/mol. The number of rotatable bonds is 3. The highest BCUT2D eigenvalue weighted by Crippen LogP contribution is 2.28. The molecule has 0 unspecified atom stereocenters. The third-order valence-electron chi connectivity index (χ3n) is 5.91. The first-order valence-corrected chi connectivity index (χ1v) is 11.7. The van der Waals surface area contributed by atoms with Gasteiger partial charge in [-0.1, -0.05) is 30.3 Å². The zero-order chi connectivity index (χ0) is 19.7. The van der Waals surface area contributed by atoms with Crippen LogP contribution >= 0.6 is 0 Å². The van der Waals surface area contributed by atoms with Gasteiger partial charge in [0.15, 0.2) is 9.84 Å². The molecule has 0 aromatic heterocycles. The van der Waals surface area contributed by atoms with Crippen LogP contribution in [0.2, 0.25) is 0 Å². The Morgan fingerprint density at radius 2 is 1.75 bits per heavy atom. The molecular weight excluding hydrogens is 378 g/mol. The Labute approximate surface area is 165 Å². The summed E-state index contributed by atoms with van der Waals surface area (Å²) in [6.45, 7) is 1.34. The number of sulfone groups is 1. The van der Waals surface area contributed by atoms with E-state index in [1.54, 1.807) is 0 Å². The average Bonchev–Trinajstić information content (AvgIpc) is 3.08. The maximum atomic E-state index is 12.9. The molecule has 0 saturated carbocycles. The summed E-state index contributed by atoms with van der Waals surface area (Å²) in [6, 6.07) is 9.91. The van der Waals surface area contributed by atoms with Crippen molar-refractivity contribution in [3.05, 3.63) is 35.9 Å². The number of likely N-dealkylation sites (tertiary alicyclic amines) is 1. The van der Waals surface area contributed by atoms with Crippen LogP contribution in [-0.4, -0.2) is 66.5 Å². The Morgan fingerprint density at radius 3 is 2.39 bits per heavy atom. The zero-order valence-electron chi connectivity index (χ0n) is 15.8. The minimum Gasteiger partial charge on any atom is -0.338 e. The summed E-state index contributed by atoms with van der Waals surface area (Å²) in [4.78, 5) is 27.0. The van der Waals surface area contributed by atoms with Crippen LogP contribution in [0.5, 0.6) is 0 Å². The van der Waals surface area contributed by atoms with Crippen molar-refractivity contribution in [3.8, 4) is 0 Å². The van der Waals surface area contributed by atoms with Crippen molar-refractivity contribution in [1.29, 1.82) is 0 Å². The maximum Gasteiger partial charge on any atom is 0.270 e. The lowest BCUT2D eigenvalue weighted by Crippen LogP contribution is -2.46. The molecule has 0 radical (unpaired) electrons. The van der Waals surface area contributed by atoms with Gasteiger partial charge in [-0.05, 0) is 30.7 Å². The fraction of sp³-hybridized carbons (Fsp3) is 0.550. The lowest BCUT2D eigenvalue weighted by atomic mass is 9.89. The monoisotopic (exact) mass is 403 g/mol. The molecule has 2 saturated heterocycles. The topological polar surface area (TPSA) is 87.1 Å². The number of hydrogen-bond acceptors (Lipinski definition) is 5. The van der Waals surface area contributed by atoms with Gasteiger partial charge in [0.05, 0.1) is 17.5 Å². The van der Waals surface area contributed by atoms with E-state index in [-0.39, 0.29) is 29.7 Å². The highest BCUT2D eigenvalue weighted by molar-refractivity contribution is 7.91. The normalized spacial score (nSPS) is 25.6. The van der Waals surface area contributed by atoms with Crippen molar-refractivity contribution in [2.45, 2.75) is 44.1 Å². The van der Waals surface area contributed by atoms with Gasteiger partial charge in [-0.15, -0.1) is 0 Å². The molecule has 1 aromatic carbocycles. The molecule has 0 N–H and O–H groups in total. The third kappa shape index (κ3) is 3.97. The SMILES string of the molecule is O=C(C1=NN([C@H]2CCS(=O)(=O)C2)C(=O)CC1)N1CCC(c2ccccc2)CC1. The van der Waals surface area contributed by atoms with Gasteiger partial charge in [-0.25, -0.2) is 13.4 Å². The van der Waals surface area contributed by atoms with Crippen LogP contribution in [0.1, 0.15) is 43.6 Å². The first-order chi connectivity index (χ1) is 13.4. The second-order valence-corrected chi connectivity index (χ2v) is 10.0. The standard InChI is InChI=1S/C20H25N3O4S/c24-19-7-6-18(21-23(19)17-10-13-28(26,27)14-17)20(25)22-11-8-16(9-12-22)15-4-2-1-3-5-15/h1-5,16-17H,6-14H2/t17-/m0/s1. The van der Waals surface area contributed by atoms with Crippen LogP contribution in [0.25, 0.3) is 0 Å². The quantitative estimate of drug-likeness (QED) is 0.766. The number of carbonyl (C=O) groups excluding carboxylic acids is 2. The summed E-state index contributed by atoms with van der Waals surface area (Å²) in [5, 5.41) is 5.57. The van der Waals surface area contributed by atoms with Gasteiger partial charge in [0, 0.05) is 25.9 Å². The van der Waals surface area contributed by atoms with Crippen LogP contribution in [-0.2, 0) is 19.4 Å². The Morgan fingerprint density at radius 1 is 1.04 bits per heavy atom. The molecule has 1 aromatic rings. The predicted octanol–water partition coefficient (Wildman–Crippen LogP) is 1.56. The van der Waals surface area contributed by atoms with Gasteiger partial charge in [0.2, 0.25) is 5.91 Å². The first-order valence-electron chi connectivity index (χ1n) is 9.87. The van der Waals surface area contributed by atoms with Crippen LogP contribution in [0.15, 0.2) is 35.4 Å². The Kier molecular flexibility index (Phi) is 5.23. The van der Waals surface area contributed by atoms with Crippen LogP contribution < -0.4 is 0 Å². The number of piperidine rings is 1. The molecular formula is C20H25N3O4S. The molecule has 2 amide bonds. The molecule has 2 fully saturated rings. The van der Waals surface area contributed by atoms with E-state index >= 15 is 0 Å². The van der Waals surface area contributed by atoms with Crippen molar-refractivity contribution in [1.82, 2.24) is 9.91 Å². The lowest BCUT2D eigenvalue weighted by molar-refractivity contribution is -0.134. The summed E-state index contributed by atoms with van der Waals surface area (Å²) >= 11 is 0. The van der Waals surface area contributed by atoms with E-state index in [1.165, 1.54) is 10.6 Å². The number of hydrogen-bond donors (Lipinski definition) is 0. The molecule has 3 heterocycles. The highest BCUT2D eigenvalue weighted by Gasteiger charge is 2.38. The number of benzene rings is 1. The molecule has 150 valence electrons. The zero-order valence-corrected chi connectivity index (χ0v) is 16.6. The summed E-state index contributed by atoms with van der Waals surface area (Å²) in [5.41, 5.74) is 1.69. The first kappa shape index (κ1) is 19.1. The molecule has 8 heteroatoms. The van der Waals surface area contributed by atoms with E-state index in [1.807, 2.05) is 23.1 Å². The molecule has 3 aliphatic rings. The Bertz CT molecular complexity index is 889. The van der Waals surface area contributed by atoms with Gasteiger partial charge in [0.25, 0.3) is 5.91 Å². The van der Waals surface area contributed by atoms with Gasteiger partial charge in [-0.2, -0.15) is 5.10 Å². The van der Waals surface area contributed by atoms with Gasteiger partial charge in [0.1, 0.15) is 5.71 Å². The minimum absolute atomic E-state index is 0.0633. The van der Waals surface area contributed by atoms with Gasteiger partial charge in [-0.3, -0.25) is 9.59 Å². The average molecular weight is 404 g/mol. The van der Waals surface area contributed by atoms with E-state index in [9.17, 15) is 18.0 Å². The fourth-order valence-corrected chi connectivity index (χ4v) is 5.99. The minimum atomic E-state index is -3.12. The number of nitrogens with zero attached hydrogens (tertiary/aromatic N) is 3. The fourth-order valence-electron chi connectivity index (χ4n) is 4.30. The molecule has 7 nitrogen and oxygen atoms in total. The smallest absolute Gasteiger partial charge is 0.270 e. The molecule has 3 aliphatic heterocycles. The second-order valence-electron chi connectivity index (χ2n) is 7.82. The largest absolute Gasteiger partial charge is 0.338 e. The van der Waals surface area contributed by atoms with Crippen LogP contribution in [0, 0.1) is 0 Å². The van der Waals surface area contributed by atoms with Crippen LogP contribution in [0.3, 0.4) is 0 Å². The van der Waals surface area contributed by atoms with Crippen molar-refractivity contribution >= 4 is 27.4 Å². The lowest BCUT2D eigenvalue weighted by Gasteiger charge is -2.34. The molecule has 1 atom stereocenters. The van der Waals surface area contributed by atoms with E-state index in [4.69, 9.17) is 0 Å². The molecule has 0 aliphatic carbocycles. The van der Waals surface area contributed by atoms with E-state index in [0.717, 1.165) is 12.8 Å². The van der Waals surface area contributed by atoms with Crippen molar-refractivity contribution in [2.24, 2.45) is 5.10 Å². The summed E-state index contributed by atoms with van der Waals surface area (Å²) in [7, 11) is -3.12. The maximum absolute atomic E-state index is 12.9. The molecule has 4 rings (SSSR count). The van der Waals surface area contributed by atoms with Gasteiger partial charge >= 0.3 is 0 Å². The molecule has 28 heavy (non-hydrogen) atoms. The summed E-state index contributed by atoms with van der Waals surface area (Å²) in [6.07, 6.45) is 2.74. The van der Waals surface area contributed by atoms with Gasteiger partial charge < -0.3 is 4.90 Å². The van der Waals surface area contributed by atoms with E-state index < -0.39 is 15.9 Å². The highest BCUT2D eigenvalue weighted by atomic mass is 32.2. The second kappa shape index (κ2) is 7.66. The van der Waals surface area contributed by atoms with Crippen molar-refractivity contribution < 1.29 is 18.0 Å². The molecule has 0 bridgehead atoms. The number of hydrazone groups is 1. The van der Waals surface area contributed by atoms with E-state index in [0.29, 0.717) is 37.6 Å². The summed E-state index contributed by atoms with van der Waals surface area (Å²) in [5.74, 6) is 0.158. The summed E-state index contributed by atoms with van der Waals surface area (Å²) < 4.78 is 23.5. The third-order valence-corrected chi connectivity index (χ3v) is 7.66. The van der Waals surface area contributed by atoms with Crippen LogP contribution in [0.4, 0.5) is 0 Å². The van der Waals surface area contributed by atoms with Crippen molar-refractivity contribution in [2.75, 3.05) is 24.6 Å².